The average molecular weight is 572 g/mol. The third-order valence-corrected chi connectivity index (χ3v) is 7.54. The number of hydrogen-bond donors (Lipinski definition) is 2. The summed E-state index contributed by atoms with van der Waals surface area (Å²) in [5, 5.41) is 11.6. The van der Waals surface area contributed by atoms with E-state index in [1.54, 1.807) is 14.0 Å². The van der Waals surface area contributed by atoms with Crippen molar-refractivity contribution < 1.29 is 24.2 Å². The lowest BCUT2D eigenvalue weighted by atomic mass is 9.80. The molecule has 0 aliphatic carbocycles. The first-order valence-electron chi connectivity index (χ1n) is 13.6. The molecule has 0 unspecified atom stereocenters. The van der Waals surface area contributed by atoms with Gasteiger partial charge in [0.1, 0.15) is 18.1 Å². The number of H-pyrrole nitrogens is 1. The number of carbonyl (C=O) groups excluding carboxylic acids is 1. The standard InChI is InChI=1S/C32H33N3O7/c1-21-19-34(31(39)33-30(21)38)29-18-27(28(20-36)41-29)35(22(2)37)42-32(23-10-6-4-7-11-23,24-12-8-5-9-13-24)25-14-16-26(40-3)17-15-25/h4-17,19,27-29,36H,18,20H2,1-3H3,(H,33,38,39)/t27-,28+,29+/m0/s1. The largest absolute Gasteiger partial charge is 0.497 e. The predicted octanol–water partition coefficient (Wildman–Crippen LogP) is 3.27. The summed E-state index contributed by atoms with van der Waals surface area (Å²) in [6.45, 7) is 2.53. The zero-order valence-electron chi connectivity index (χ0n) is 23.6. The van der Waals surface area contributed by atoms with Crippen LogP contribution < -0.4 is 16.0 Å². The molecule has 1 amide bonds. The normalized spacial score (nSPS) is 18.5. The molecule has 218 valence electrons. The Kier molecular flexibility index (Phi) is 8.39. The lowest BCUT2D eigenvalue weighted by Gasteiger charge is -2.41. The Morgan fingerprint density at radius 3 is 2.10 bits per heavy atom. The van der Waals surface area contributed by atoms with Gasteiger partial charge in [0.15, 0.2) is 5.60 Å². The number of nitrogens with zero attached hydrogens (tertiary/aromatic N) is 2. The molecule has 42 heavy (non-hydrogen) atoms. The lowest BCUT2D eigenvalue weighted by Crippen LogP contribution is -2.50. The van der Waals surface area contributed by atoms with Gasteiger partial charge in [0.05, 0.1) is 19.8 Å². The number of aliphatic hydroxyl groups excluding tert-OH is 1. The van der Waals surface area contributed by atoms with E-state index in [9.17, 15) is 19.5 Å². The number of aliphatic hydroxyl groups is 1. The van der Waals surface area contributed by atoms with E-state index in [2.05, 4.69) is 4.98 Å². The molecule has 2 N–H and O–H groups in total. The molecule has 1 aromatic heterocycles. The minimum absolute atomic E-state index is 0.123. The summed E-state index contributed by atoms with van der Waals surface area (Å²) >= 11 is 0. The maximum absolute atomic E-state index is 13.4. The second-order valence-corrected chi connectivity index (χ2v) is 10.2. The number of hydrogen-bond acceptors (Lipinski definition) is 7. The molecule has 1 fully saturated rings. The number of benzene rings is 3. The van der Waals surface area contributed by atoms with Gasteiger partial charge in [-0.25, -0.2) is 14.7 Å². The highest BCUT2D eigenvalue weighted by Crippen LogP contribution is 2.43. The van der Waals surface area contributed by atoms with Crippen LogP contribution in [0, 0.1) is 6.92 Å². The van der Waals surface area contributed by atoms with E-state index >= 15 is 0 Å². The maximum atomic E-state index is 13.4. The Morgan fingerprint density at radius 2 is 1.57 bits per heavy atom. The Hall–Kier alpha value is -4.51. The molecular weight excluding hydrogens is 538 g/mol. The van der Waals surface area contributed by atoms with Gasteiger partial charge in [0.25, 0.3) is 5.56 Å². The van der Waals surface area contributed by atoms with Crippen molar-refractivity contribution in [1.29, 1.82) is 0 Å². The van der Waals surface area contributed by atoms with Crippen LogP contribution in [0.3, 0.4) is 0 Å². The molecule has 4 aromatic rings. The first kappa shape index (κ1) is 29.0. The zero-order chi connectivity index (χ0) is 29.9. The summed E-state index contributed by atoms with van der Waals surface area (Å²) in [5.74, 6) is 0.239. The molecule has 2 heterocycles. The van der Waals surface area contributed by atoms with Crippen LogP contribution in [0.5, 0.6) is 5.75 Å². The van der Waals surface area contributed by atoms with E-state index in [4.69, 9.17) is 14.3 Å². The molecule has 0 saturated carbocycles. The fourth-order valence-corrected chi connectivity index (χ4v) is 5.44. The highest BCUT2D eigenvalue weighted by atomic mass is 16.7. The van der Waals surface area contributed by atoms with Crippen molar-refractivity contribution in [2.45, 2.75) is 44.2 Å². The second kappa shape index (κ2) is 12.2. The highest BCUT2D eigenvalue weighted by Gasteiger charge is 2.47. The smallest absolute Gasteiger partial charge is 0.330 e. The van der Waals surface area contributed by atoms with E-state index < -0.39 is 47.7 Å². The van der Waals surface area contributed by atoms with Gasteiger partial charge >= 0.3 is 5.69 Å². The van der Waals surface area contributed by atoms with Gasteiger partial charge < -0.3 is 14.6 Å². The number of nitrogens with one attached hydrogen (secondary N) is 1. The molecule has 10 heteroatoms. The van der Waals surface area contributed by atoms with Crippen molar-refractivity contribution in [2.75, 3.05) is 13.7 Å². The van der Waals surface area contributed by atoms with Gasteiger partial charge in [-0.2, -0.15) is 0 Å². The van der Waals surface area contributed by atoms with Crippen molar-refractivity contribution in [3.8, 4) is 5.75 Å². The van der Waals surface area contributed by atoms with Gasteiger partial charge in [-0.05, 0) is 35.7 Å². The fourth-order valence-electron chi connectivity index (χ4n) is 5.44. The van der Waals surface area contributed by atoms with Crippen LogP contribution in [0.4, 0.5) is 0 Å². The minimum atomic E-state index is -1.30. The summed E-state index contributed by atoms with van der Waals surface area (Å²) in [7, 11) is 1.59. The van der Waals surface area contributed by atoms with E-state index in [1.807, 2.05) is 84.9 Å². The Bertz CT molecular complexity index is 1600. The average Bonchev–Trinajstić information content (AvgIpc) is 3.44. The SMILES string of the molecule is COc1ccc(C(ON(C(C)=O)[C@H]2C[C@H](n3cc(C)c(=O)[nH]c3=O)O[C@@H]2CO)(c2ccccc2)c2ccccc2)cc1. The third kappa shape index (κ3) is 5.39. The molecule has 0 spiro atoms. The van der Waals surface area contributed by atoms with Gasteiger partial charge in [-0.15, -0.1) is 0 Å². The van der Waals surface area contributed by atoms with Crippen molar-refractivity contribution in [3.05, 3.63) is 134 Å². The van der Waals surface area contributed by atoms with Crippen LogP contribution in [-0.4, -0.2) is 51.5 Å². The molecular formula is C32H33N3O7. The molecule has 10 nitrogen and oxygen atoms in total. The number of aryl methyl sites for hydroxylation is 1. The monoisotopic (exact) mass is 571 g/mol. The van der Waals surface area contributed by atoms with Crippen LogP contribution >= 0.6 is 0 Å². The molecule has 0 radical (unpaired) electrons. The molecule has 3 atom stereocenters. The van der Waals surface area contributed by atoms with Crippen LogP contribution in [0.25, 0.3) is 0 Å². The number of amides is 1. The molecule has 3 aromatic carbocycles. The topological polar surface area (TPSA) is 123 Å². The molecule has 0 bridgehead atoms. The molecule has 1 saturated heterocycles. The van der Waals surface area contributed by atoms with Crippen molar-refractivity contribution in [2.24, 2.45) is 0 Å². The lowest BCUT2D eigenvalue weighted by molar-refractivity contribution is -0.242. The van der Waals surface area contributed by atoms with Crippen LogP contribution in [0.2, 0.25) is 0 Å². The maximum Gasteiger partial charge on any atom is 0.330 e. The first-order chi connectivity index (χ1) is 20.3. The number of ether oxygens (including phenoxy) is 2. The molecule has 1 aliphatic heterocycles. The summed E-state index contributed by atoms with van der Waals surface area (Å²) in [4.78, 5) is 47.2. The minimum Gasteiger partial charge on any atom is -0.497 e. The predicted molar refractivity (Wildman–Crippen MR) is 155 cm³/mol. The first-order valence-corrected chi connectivity index (χ1v) is 13.6. The van der Waals surface area contributed by atoms with Gasteiger partial charge in [-0.3, -0.25) is 19.1 Å². The van der Waals surface area contributed by atoms with E-state index in [0.29, 0.717) is 11.3 Å². The molecule has 1 aliphatic rings. The summed E-state index contributed by atoms with van der Waals surface area (Å²) in [6, 6.07) is 25.7. The number of aromatic nitrogens is 2. The Morgan fingerprint density at radius 1 is 1.00 bits per heavy atom. The van der Waals surface area contributed by atoms with Crippen LogP contribution in [0.1, 0.15) is 41.8 Å². The fraction of sp³-hybridized carbons (Fsp3) is 0.281. The number of aromatic amines is 1. The summed E-state index contributed by atoms with van der Waals surface area (Å²) in [5.41, 5.74) is 0.137. The number of rotatable bonds is 9. The van der Waals surface area contributed by atoms with E-state index in [1.165, 1.54) is 22.8 Å². The highest BCUT2D eigenvalue weighted by molar-refractivity contribution is 5.72. The number of carbonyl (C=O) groups is 1. The Balaban J connectivity index is 1.65. The van der Waals surface area contributed by atoms with Crippen LogP contribution in [-0.2, 0) is 20.0 Å². The second-order valence-electron chi connectivity index (χ2n) is 10.2. The third-order valence-electron chi connectivity index (χ3n) is 7.54. The van der Waals surface area contributed by atoms with Gasteiger partial charge in [-0.1, -0.05) is 72.8 Å². The van der Waals surface area contributed by atoms with Crippen molar-refractivity contribution >= 4 is 5.91 Å². The number of hydroxylamine groups is 2. The Labute approximate surface area is 242 Å². The van der Waals surface area contributed by atoms with E-state index in [-0.39, 0.29) is 6.42 Å². The quantitative estimate of drug-likeness (QED) is 0.234. The molecule has 5 rings (SSSR count). The van der Waals surface area contributed by atoms with Crippen molar-refractivity contribution in [3.63, 3.8) is 0 Å². The van der Waals surface area contributed by atoms with Crippen LogP contribution in [0.15, 0.2) is 101 Å². The number of methoxy groups -OCH3 is 1. The zero-order valence-corrected chi connectivity index (χ0v) is 23.6. The van der Waals surface area contributed by atoms with Crippen molar-refractivity contribution in [1.82, 2.24) is 14.6 Å². The van der Waals surface area contributed by atoms with E-state index in [0.717, 1.165) is 16.7 Å². The summed E-state index contributed by atoms with van der Waals surface area (Å²) < 4.78 is 12.7. The summed E-state index contributed by atoms with van der Waals surface area (Å²) in [6.07, 6.45) is -0.196. The van der Waals surface area contributed by atoms with Gasteiger partial charge in [0, 0.05) is 25.1 Å². The van der Waals surface area contributed by atoms with Gasteiger partial charge in [0.2, 0.25) is 5.91 Å².